The molecule has 2 fully saturated rings. The van der Waals surface area contributed by atoms with E-state index in [1.54, 1.807) is 0 Å². The summed E-state index contributed by atoms with van der Waals surface area (Å²) in [4.78, 5) is 2.59. The van der Waals surface area contributed by atoms with Crippen molar-refractivity contribution in [2.75, 3.05) is 26.2 Å². The van der Waals surface area contributed by atoms with Crippen molar-refractivity contribution in [1.29, 1.82) is 0 Å². The molecule has 1 saturated carbocycles. The van der Waals surface area contributed by atoms with Gasteiger partial charge < -0.3 is 9.73 Å². The molecule has 0 unspecified atom stereocenters. The van der Waals surface area contributed by atoms with Crippen molar-refractivity contribution in [1.82, 2.24) is 10.2 Å². The van der Waals surface area contributed by atoms with E-state index in [9.17, 15) is 0 Å². The zero-order chi connectivity index (χ0) is 11.7. The molecule has 1 aliphatic heterocycles. The molecule has 2 heterocycles. The van der Waals surface area contributed by atoms with Crippen LogP contribution in [-0.4, -0.2) is 31.1 Å². The van der Waals surface area contributed by atoms with Gasteiger partial charge in [-0.2, -0.15) is 0 Å². The smallest absolute Gasteiger partial charge is 0.121 e. The molecule has 1 aliphatic carbocycles. The van der Waals surface area contributed by atoms with Gasteiger partial charge in [-0.3, -0.25) is 4.90 Å². The molecular formula is C14H22N2O. The molecule has 3 heteroatoms. The van der Waals surface area contributed by atoms with Crippen molar-refractivity contribution in [2.24, 2.45) is 5.92 Å². The van der Waals surface area contributed by atoms with Gasteiger partial charge in [0.2, 0.25) is 0 Å². The molecule has 0 spiro atoms. The minimum absolute atomic E-state index is 0.512. The van der Waals surface area contributed by atoms with Crippen molar-refractivity contribution in [3.8, 4) is 0 Å². The fraction of sp³-hybridized carbons (Fsp3) is 0.714. The van der Waals surface area contributed by atoms with Crippen LogP contribution in [0.25, 0.3) is 0 Å². The zero-order valence-corrected chi connectivity index (χ0v) is 10.6. The van der Waals surface area contributed by atoms with Crippen LogP contribution in [0.3, 0.4) is 0 Å². The molecule has 2 aliphatic rings. The van der Waals surface area contributed by atoms with E-state index in [-0.39, 0.29) is 0 Å². The maximum absolute atomic E-state index is 5.87. The van der Waals surface area contributed by atoms with E-state index in [0.29, 0.717) is 6.04 Å². The highest BCUT2D eigenvalue weighted by molar-refractivity contribution is 5.11. The Labute approximate surface area is 103 Å². The standard InChI is InChI=1S/C14H22N2O/c1-11-2-5-14(17-11)13(10-12-3-4-12)16-8-6-15-7-9-16/h2,5,12-13,15H,3-4,6-10H2,1H3/t13-/m1/s1. The quantitative estimate of drug-likeness (QED) is 0.866. The summed E-state index contributed by atoms with van der Waals surface area (Å²) in [7, 11) is 0. The molecule has 1 aromatic heterocycles. The summed E-state index contributed by atoms with van der Waals surface area (Å²) in [6, 6.07) is 4.78. The van der Waals surface area contributed by atoms with Gasteiger partial charge in [-0.05, 0) is 31.4 Å². The van der Waals surface area contributed by atoms with Gasteiger partial charge in [0, 0.05) is 26.2 Å². The third-order valence-electron chi connectivity index (χ3n) is 3.94. The molecular weight excluding hydrogens is 212 g/mol. The molecule has 17 heavy (non-hydrogen) atoms. The fourth-order valence-electron chi connectivity index (χ4n) is 2.74. The second-order valence-electron chi connectivity index (χ2n) is 5.43. The van der Waals surface area contributed by atoms with Crippen LogP contribution in [0.5, 0.6) is 0 Å². The minimum Gasteiger partial charge on any atom is -0.465 e. The number of nitrogens with one attached hydrogen (secondary N) is 1. The average molecular weight is 234 g/mol. The zero-order valence-electron chi connectivity index (χ0n) is 10.6. The first-order valence-corrected chi connectivity index (χ1v) is 6.84. The molecule has 1 N–H and O–H groups in total. The van der Waals surface area contributed by atoms with Crippen LogP contribution in [-0.2, 0) is 0 Å². The second kappa shape index (κ2) is 4.83. The van der Waals surface area contributed by atoms with Crippen molar-refractivity contribution in [3.63, 3.8) is 0 Å². The molecule has 3 rings (SSSR count). The summed E-state index contributed by atoms with van der Waals surface area (Å²) in [5.74, 6) is 3.16. The topological polar surface area (TPSA) is 28.4 Å². The SMILES string of the molecule is Cc1ccc([C@@H](CC2CC2)N2CCNCC2)o1. The van der Waals surface area contributed by atoms with Crippen molar-refractivity contribution >= 4 is 0 Å². The molecule has 0 bridgehead atoms. The van der Waals surface area contributed by atoms with E-state index in [4.69, 9.17) is 4.42 Å². The summed E-state index contributed by atoms with van der Waals surface area (Å²) in [5.41, 5.74) is 0. The van der Waals surface area contributed by atoms with Gasteiger partial charge in [-0.15, -0.1) is 0 Å². The summed E-state index contributed by atoms with van der Waals surface area (Å²) in [6.45, 7) is 6.56. The van der Waals surface area contributed by atoms with Gasteiger partial charge in [0.25, 0.3) is 0 Å². The lowest BCUT2D eigenvalue weighted by Crippen LogP contribution is -2.45. The Morgan fingerprint density at radius 3 is 2.71 bits per heavy atom. The summed E-state index contributed by atoms with van der Waals surface area (Å²) < 4.78 is 5.87. The van der Waals surface area contributed by atoms with E-state index in [1.807, 2.05) is 6.92 Å². The normalized spacial score (nSPS) is 23.8. The van der Waals surface area contributed by atoms with Crippen LogP contribution in [0.15, 0.2) is 16.5 Å². The fourth-order valence-corrected chi connectivity index (χ4v) is 2.74. The molecule has 1 aromatic rings. The van der Waals surface area contributed by atoms with Crippen LogP contribution in [0.4, 0.5) is 0 Å². The predicted molar refractivity (Wildman–Crippen MR) is 68.0 cm³/mol. The largest absolute Gasteiger partial charge is 0.465 e. The molecule has 1 saturated heterocycles. The van der Waals surface area contributed by atoms with Gasteiger partial charge in [-0.1, -0.05) is 12.8 Å². The monoisotopic (exact) mass is 234 g/mol. The molecule has 0 aromatic carbocycles. The average Bonchev–Trinajstić information content (AvgIpc) is 3.08. The van der Waals surface area contributed by atoms with Crippen LogP contribution in [0.1, 0.15) is 36.8 Å². The Morgan fingerprint density at radius 1 is 1.35 bits per heavy atom. The maximum Gasteiger partial charge on any atom is 0.121 e. The van der Waals surface area contributed by atoms with E-state index < -0.39 is 0 Å². The third-order valence-corrected chi connectivity index (χ3v) is 3.94. The van der Waals surface area contributed by atoms with Gasteiger partial charge >= 0.3 is 0 Å². The summed E-state index contributed by atoms with van der Waals surface area (Å²) in [5, 5.41) is 3.42. The Hall–Kier alpha value is -0.800. The van der Waals surface area contributed by atoms with Crippen LogP contribution in [0, 0.1) is 12.8 Å². The van der Waals surface area contributed by atoms with Gasteiger partial charge in [0.05, 0.1) is 6.04 Å². The Bertz CT molecular complexity index is 364. The third kappa shape index (κ3) is 2.72. The first kappa shape index (κ1) is 11.3. The Kier molecular flexibility index (Phi) is 3.21. The van der Waals surface area contributed by atoms with E-state index in [2.05, 4.69) is 22.3 Å². The van der Waals surface area contributed by atoms with E-state index in [1.165, 1.54) is 25.0 Å². The predicted octanol–water partition coefficient (Wildman–Crippen LogP) is 2.33. The number of piperazine rings is 1. The molecule has 94 valence electrons. The van der Waals surface area contributed by atoms with Crippen molar-refractivity contribution < 1.29 is 4.42 Å². The number of hydrogen-bond acceptors (Lipinski definition) is 3. The first-order chi connectivity index (χ1) is 8.33. The molecule has 0 amide bonds. The van der Waals surface area contributed by atoms with Crippen molar-refractivity contribution in [3.05, 3.63) is 23.7 Å². The summed E-state index contributed by atoms with van der Waals surface area (Å²) in [6.07, 6.45) is 4.12. The van der Waals surface area contributed by atoms with E-state index in [0.717, 1.165) is 37.9 Å². The number of nitrogens with zero attached hydrogens (tertiary/aromatic N) is 1. The molecule has 0 radical (unpaired) electrons. The molecule has 1 atom stereocenters. The van der Waals surface area contributed by atoms with E-state index >= 15 is 0 Å². The number of hydrogen-bond donors (Lipinski definition) is 1. The first-order valence-electron chi connectivity index (χ1n) is 6.84. The highest BCUT2D eigenvalue weighted by Crippen LogP contribution is 2.40. The second-order valence-corrected chi connectivity index (χ2v) is 5.43. The van der Waals surface area contributed by atoms with Gasteiger partial charge in [0.15, 0.2) is 0 Å². The maximum atomic E-state index is 5.87. The lowest BCUT2D eigenvalue weighted by molar-refractivity contribution is 0.141. The van der Waals surface area contributed by atoms with Crippen molar-refractivity contribution in [2.45, 2.75) is 32.2 Å². The summed E-state index contributed by atoms with van der Waals surface area (Å²) >= 11 is 0. The Morgan fingerprint density at radius 2 is 2.12 bits per heavy atom. The lowest BCUT2D eigenvalue weighted by atomic mass is 10.1. The molecule has 3 nitrogen and oxygen atoms in total. The highest BCUT2D eigenvalue weighted by atomic mass is 16.3. The van der Waals surface area contributed by atoms with Crippen LogP contribution in [0.2, 0.25) is 0 Å². The minimum atomic E-state index is 0.512. The van der Waals surface area contributed by atoms with Crippen LogP contribution < -0.4 is 5.32 Å². The number of rotatable bonds is 4. The Balaban J connectivity index is 1.74. The van der Waals surface area contributed by atoms with Crippen LogP contribution >= 0.6 is 0 Å². The highest BCUT2D eigenvalue weighted by Gasteiger charge is 2.31. The number of aryl methyl sites for hydroxylation is 1. The van der Waals surface area contributed by atoms with Gasteiger partial charge in [-0.25, -0.2) is 0 Å². The lowest BCUT2D eigenvalue weighted by Gasteiger charge is -2.34. The number of furan rings is 1. The van der Waals surface area contributed by atoms with Gasteiger partial charge in [0.1, 0.15) is 11.5 Å².